The van der Waals surface area contributed by atoms with Crippen molar-refractivity contribution in [3.63, 3.8) is 0 Å². The Kier molecular flexibility index (Phi) is 6.49. The fourth-order valence-corrected chi connectivity index (χ4v) is 3.67. The maximum absolute atomic E-state index is 13.8. The van der Waals surface area contributed by atoms with Crippen molar-refractivity contribution >= 4 is 5.91 Å². The van der Waals surface area contributed by atoms with Gasteiger partial charge in [0.25, 0.3) is 5.91 Å². The molecule has 0 heterocycles. The summed E-state index contributed by atoms with van der Waals surface area (Å²) >= 11 is 0. The van der Waals surface area contributed by atoms with Crippen molar-refractivity contribution in [2.45, 2.75) is 64.5 Å². The molecule has 0 radical (unpaired) electrons. The van der Waals surface area contributed by atoms with Crippen molar-refractivity contribution in [3.05, 3.63) is 65.0 Å². The van der Waals surface area contributed by atoms with E-state index in [-0.39, 0.29) is 17.7 Å². The van der Waals surface area contributed by atoms with Crippen LogP contribution < -0.4 is 10.1 Å². The van der Waals surface area contributed by atoms with Gasteiger partial charge >= 0.3 is 0 Å². The summed E-state index contributed by atoms with van der Waals surface area (Å²) in [7, 11) is 0. The molecule has 0 aliphatic heterocycles. The first-order valence-corrected chi connectivity index (χ1v) is 9.95. The largest absolute Gasteiger partial charge is 0.478 e. The van der Waals surface area contributed by atoms with Crippen LogP contribution in [0.15, 0.2) is 42.5 Å². The Labute approximate surface area is 160 Å². The highest BCUT2D eigenvalue weighted by atomic mass is 19.1. The summed E-state index contributed by atoms with van der Waals surface area (Å²) in [6, 6.07) is 12.7. The van der Waals surface area contributed by atoms with Crippen molar-refractivity contribution < 1.29 is 13.9 Å². The second-order valence-electron chi connectivity index (χ2n) is 7.15. The number of halogens is 1. The van der Waals surface area contributed by atoms with Crippen molar-refractivity contribution in [1.29, 1.82) is 0 Å². The summed E-state index contributed by atoms with van der Waals surface area (Å²) in [6.07, 6.45) is 5.30. The molecule has 2 atom stereocenters. The topological polar surface area (TPSA) is 38.3 Å². The lowest BCUT2D eigenvalue weighted by Gasteiger charge is -2.24. The highest BCUT2D eigenvalue weighted by Crippen LogP contribution is 2.26. The van der Waals surface area contributed by atoms with E-state index in [0.29, 0.717) is 6.42 Å². The number of amides is 1. The van der Waals surface area contributed by atoms with Crippen molar-refractivity contribution in [2.24, 2.45) is 0 Å². The molecular weight excluding hydrogens is 341 g/mol. The lowest BCUT2D eigenvalue weighted by Crippen LogP contribution is -2.40. The van der Waals surface area contributed by atoms with E-state index in [1.165, 1.54) is 30.0 Å². The van der Waals surface area contributed by atoms with Gasteiger partial charge in [-0.25, -0.2) is 4.39 Å². The molecule has 0 aromatic heterocycles. The van der Waals surface area contributed by atoms with Gasteiger partial charge in [-0.1, -0.05) is 44.2 Å². The van der Waals surface area contributed by atoms with Gasteiger partial charge in [0.05, 0.1) is 6.04 Å². The van der Waals surface area contributed by atoms with Gasteiger partial charge in [-0.15, -0.1) is 0 Å². The summed E-state index contributed by atoms with van der Waals surface area (Å²) in [5, 5.41) is 3.09. The minimum absolute atomic E-state index is 0.0667. The van der Waals surface area contributed by atoms with Gasteiger partial charge in [0.2, 0.25) is 0 Å². The molecule has 1 aliphatic carbocycles. The summed E-state index contributed by atoms with van der Waals surface area (Å²) in [5.41, 5.74) is 3.97. The lowest BCUT2D eigenvalue weighted by atomic mass is 9.88. The number of aryl methyl sites for hydroxylation is 2. The first-order valence-electron chi connectivity index (χ1n) is 9.95. The lowest BCUT2D eigenvalue weighted by molar-refractivity contribution is -0.129. The maximum Gasteiger partial charge on any atom is 0.261 e. The molecule has 0 fully saturated rings. The van der Waals surface area contributed by atoms with E-state index in [9.17, 15) is 9.18 Å². The third kappa shape index (κ3) is 4.68. The summed E-state index contributed by atoms with van der Waals surface area (Å²) in [5.74, 6) is -0.544. The molecule has 0 bridgehead atoms. The van der Waals surface area contributed by atoms with Gasteiger partial charge in [0.1, 0.15) is 0 Å². The predicted octanol–water partition coefficient (Wildman–Crippen LogP) is 5.13. The molecule has 4 heteroatoms. The van der Waals surface area contributed by atoms with Gasteiger partial charge < -0.3 is 10.1 Å². The Morgan fingerprint density at radius 2 is 1.81 bits per heavy atom. The number of rotatable bonds is 7. The zero-order valence-electron chi connectivity index (χ0n) is 16.1. The molecule has 3 rings (SSSR count). The van der Waals surface area contributed by atoms with Crippen LogP contribution in [0.1, 0.15) is 62.3 Å². The summed E-state index contributed by atoms with van der Waals surface area (Å²) in [6.45, 7) is 3.92. The molecule has 144 valence electrons. The van der Waals surface area contributed by atoms with E-state index in [0.717, 1.165) is 24.8 Å². The van der Waals surface area contributed by atoms with E-state index in [1.54, 1.807) is 18.2 Å². The second-order valence-corrected chi connectivity index (χ2v) is 7.15. The number of benzene rings is 2. The quantitative estimate of drug-likeness (QED) is 0.735. The fourth-order valence-electron chi connectivity index (χ4n) is 3.67. The van der Waals surface area contributed by atoms with Gasteiger partial charge in [-0.05, 0) is 67.3 Å². The molecule has 0 saturated heterocycles. The summed E-state index contributed by atoms with van der Waals surface area (Å²) < 4.78 is 19.5. The molecule has 3 nitrogen and oxygen atoms in total. The van der Waals surface area contributed by atoms with Crippen LogP contribution in [-0.4, -0.2) is 12.0 Å². The van der Waals surface area contributed by atoms with Crippen molar-refractivity contribution in [2.75, 3.05) is 0 Å². The van der Waals surface area contributed by atoms with E-state index < -0.39 is 11.9 Å². The molecule has 1 aliphatic rings. The molecule has 0 saturated carbocycles. The number of para-hydroxylation sites is 1. The van der Waals surface area contributed by atoms with Gasteiger partial charge in [0, 0.05) is 0 Å². The molecule has 0 unspecified atom stereocenters. The number of ether oxygens (including phenoxy) is 1. The predicted molar refractivity (Wildman–Crippen MR) is 105 cm³/mol. The number of hydrogen-bond acceptors (Lipinski definition) is 2. The molecule has 27 heavy (non-hydrogen) atoms. The molecule has 2 aromatic rings. The highest BCUT2D eigenvalue weighted by Gasteiger charge is 2.23. The molecular formula is C23H28FNO2. The van der Waals surface area contributed by atoms with E-state index >= 15 is 0 Å². The number of hydrogen-bond donors (Lipinski definition) is 1. The van der Waals surface area contributed by atoms with Crippen LogP contribution >= 0.6 is 0 Å². The Bertz CT molecular complexity index is 790. The van der Waals surface area contributed by atoms with Crippen LogP contribution in [0.2, 0.25) is 0 Å². The standard InChI is InChI=1S/C23H28FNO2/c1-3-20(18-14-13-16-9-5-6-10-17(16)15-18)25-23(26)21(4-2)27-22-12-8-7-11-19(22)24/h7-8,11-15,20-21H,3-6,9-10H2,1-2H3,(H,25,26)/t20-,21+/m1/s1. The average Bonchev–Trinajstić information content (AvgIpc) is 2.70. The van der Waals surface area contributed by atoms with Crippen molar-refractivity contribution in [1.82, 2.24) is 5.32 Å². The highest BCUT2D eigenvalue weighted by molar-refractivity contribution is 5.81. The van der Waals surface area contributed by atoms with Crippen LogP contribution in [-0.2, 0) is 17.6 Å². The Morgan fingerprint density at radius 3 is 2.52 bits per heavy atom. The SMILES string of the molecule is CC[C@H](Oc1ccccc1F)C(=O)N[C@H](CC)c1ccc2c(c1)CCCC2. The Morgan fingerprint density at radius 1 is 1.07 bits per heavy atom. The van der Waals surface area contributed by atoms with E-state index in [4.69, 9.17) is 4.74 Å². The molecule has 1 amide bonds. The van der Waals surface area contributed by atoms with Crippen LogP contribution in [0, 0.1) is 5.82 Å². The van der Waals surface area contributed by atoms with Crippen molar-refractivity contribution in [3.8, 4) is 5.75 Å². The molecule has 1 N–H and O–H groups in total. The van der Waals surface area contributed by atoms with E-state index in [2.05, 4.69) is 30.4 Å². The Hall–Kier alpha value is -2.36. The minimum Gasteiger partial charge on any atom is -0.478 e. The third-order valence-electron chi connectivity index (χ3n) is 5.27. The fraction of sp³-hybridized carbons (Fsp3) is 0.435. The monoisotopic (exact) mass is 369 g/mol. The number of carbonyl (C=O) groups excluding carboxylic acids is 1. The van der Waals surface area contributed by atoms with Gasteiger partial charge in [-0.3, -0.25) is 4.79 Å². The number of nitrogens with one attached hydrogen (secondary N) is 1. The van der Waals surface area contributed by atoms with Gasteiger partial charge in [-0.2, -0.15) is 0 Å². The first-order chi connectivity index (χ1) is 13.1. The zero-order valence-corrected chi connectivity index (χ0v) is 16.1. The van der Waals surface area contributed by atoms with Crippen LogP contribution in [0.5, 0.6) is 5.75 Å². The maximum atomic E-state index is 13.8. The molecule has 2 aromatic carbocycles. The van der Waals surface area contributed by atoms with E-state index in [1.807, 2.05) is 6.92 Å². The second kappa shape index (κ2) is 9.03. The Balaban J connectivity index is 1.71. The third-order valence-corrected chi connectivity index (χ3v) is 5.27. The molecule has 0 spiro atoms. The first kappa shape index (κ1) is 19.4. The van der Waals surface area contributed by atoms with Crippen LogP contribution in [0.25, 0.3) is 0 Å². The van der Waals surface area contributed by atoms with Crippen LogP contribution in [0.3, 0.4) is 0 Å². The zero-order chi connectivity index (χ0) is 19.2. The van der Waals surface area contributed by atoms with Gasteiger partial charge in [0.15, 0.2) is 17.7 Å². The number of carbonyl (C=O) groups is 1. The average molecular weight is 369 g/mol. The number of fused-ring (bicyclic) bond motifs is 1. The summed E-state index contributed by atoms with van der Waals surface area (Å²) in [4.78, 5) is 12.8. The van der Waals surface area contributed by atoms with Crippen LogP contribution in [0.4, 0.5) is 4.39 Å². The normalized spacial score (nSPS) is 15.5. The smallest absolute Gasteiger partial charge is 0.261 e. The minimum atomic E-state index is -0.714.